The molecule has 0 aliphatic heterocycles. The number of carbonyl (C=O) groups is 3. The van der Waals surface area contributed by atoms with Crippen LogP contribution in [0, 0.1) is 0 Å². The van der Waals surface area contributed by atoms with Gasteiger partial charge in [0.05, 0.1) is 0 Å². The molecule has 0 fully saturated rings. The lowest BCUT2D eigenvalue weighted by molar-refractivity contribution is -0.167. The third-order valence-corrected chi connectivity index (χ3v) is 10.7. The molecule has 0 saturated carbocycles. The topological polar surface area (TPSA) is 78.9 Å². The summed E-state index contributed by atoms with van der Waals surface area (Å²) in [5, 5.41) is 0. The van der Waals surface area contributed by atoms with Gasteiger partial charge in [0.1, 0.15) is 13.2 Å². The molecular weight excluding hydrogens is 745 g/mol. The second-order valence-corrected chi connectivity index (χ2v) is 16.7. The van der Waals surface area contributed by atoms with Crippen LogP contribution in [0.2, 0.25) is 0 Å². The smallest absolute Gasteiger partial charge is 0.306 e. The first-order valence-electron chi connectivity index (χ1n) is 25.3. The van der Waals surface area contributed by atoms with Crippen molar-refractivity contribution < 1.29 is 28.6 Å². The predicted octanol–water partition coefficient (Wildman–Crippen LogP) is 16.5. The van der Waals surface area contributed by atoms with Crippen LogP contribution in [0.1, 0.15) is 245 Å². The maximum Gasteiger partial charge on any atom is 0.306 e. The van der Waals surface area contributed by atoms with E-state index in [0.717, 1.165) is 116 Å². The first kappa shape index (κ1) is 57.1. The molecule has 0 aromatic rings. The number of allylic oxidation sites excluding steroid dienone is 10. The van der Waals surface area contributed by atoms with Gasteiger partial charge in [-0.1, -0.05) is 184 Å². The number of ether oxygens (including phenoxy) is 3. The zero-order valence-corrected chi connectivity index (χ0v) is 39.5. The largest absolute Gasteiger partial charge is 0.462 e. The highest BCUT2D eigenvalue weighted by Crippen LogP contribution is 2.13. The molecule has 0 N–H and O–H groups in total. The highest BCUT2D eigenvalue weighted by molar-refractivity contribution is 5.71. The SMILES string of the molecule is CC/C=C\C/C=C\C/C=C\CCCCCCC(=O)OCC(COC(=O)CCCCC/C=C\CCCCCCCCC)OC(=O)CCCCC/C=C\CCCCCCCCC. The quantitative estimate of drug-likeness (QED) is 0.0263. The molecular formula is C54H94O6. The third-order valence-electron chi connectivity index (χ3n) is 10.7. The van der Waals surface area contributed by atoms with Gasteiger partial charge in [-0.15, -0.1) is 0 Å². The summed E-state index contributed by atoms with van der Waals surface area (Å²) in [6.07, 6.45) is 59.2. The normalized spacial score (nSPS) is 12.5. The molecule has 0 aliphatic carbocycles. The number of hydrogen-bond acceptors (Lipinski definition) is 6. The zero-order valence-electron chi connectivity index (χ0n) is 39.5. The Bertz CT molecular complexity index is 1100. The van der Waals surface area contributed by atoms with Gasteiger partial charge in [0.25, 0.3) is 0 Å². The van der Waals surface area contributed by atoms with E-state index in [9.17, 15) is 14.4 Å². The Morgan fingerprint density at radius 3 is 1.05 bits per heavy atom. The van der Waals surface area contributed by atoms with Crippen molar-refractivity contribution in [3.05, 3.63) is 60.8 Å². The van der Waals surface area contributed by atoms with E-state index in [2.05, 4.69) is 81.5 Å². The first-order chi connectivity index (χ1) is 29.5. The fourth-order valence-electron chi connectivity index (χ4n) is 6.92. The van der Waals surface area contributed by atoms with E-state index in [1.165, 1.54) is 89.9 Å². The number of esters is 3. The minimum Gasteiger partial charge on any atom is -0.462 e. The lowest BCUT2D eigenvalue weighted by Crippen LogP contribution is -2.30. The van der Waals surface area contributed by atoms with Crippen molar-refractivity contribution in [2.24, 2.45) is 0 Å². The molecule has 346 valence electrons. The van der Waals surface area contributed by atoms with Gasteiger partial charge in [0.2, 0.25) is 0 Å². The van der Waals surface area contributed by atoms with E-state index in [0.29, 0.717) is 19.3 Å². The monoisotopic (exact) mass is 839 g/mol. The minimum atomic E-state index is -0.795. The average molecular weight is 839 g/mol. The molecule has 0 amide bonds. The van der Waals surface area contributed by atoms with Gasteiger partial charge in [0, 0.05) is 19.3 Å². The molecule has 0 heterocycles. The molecule has 60 heavy (non-hydrogen) atoms. The summed E-state index contributed by atoms with van der Waals surface area (Å²) in [5.74, 6) is -0.946. The Labute approximate surface area is 370 Å². The van der Waals surface area contributed by atoms with Gasteiger partial charge in [-0.05, 0) is 103 Å². The van der Waals surface area contributed by atoms with Crippen LogP contribution < -0.4 is 0 Å². The van der Waals surface area contributed by atoms with E-state index in [4.69, 9.17) is 14.2 Å². The van der Waals surface area contributed by atoms with Gasteiger partial charge >= 0.3 is 17.9 Å². The third kappa shape index (κ3) is 46.2. The number of hydrogen-bond donors (Lipinski definition) is 0. The number of carbonyl (C=O) groups excluding carboxylic acids is 3. The van der Waals surface area contributed by atoms with Crippen molar-refractivity contribution in [1.82, 2.24) is 0 Å². The van der Waals surface area contributed by atoms with Crippen LogP contribution in [-0.4, -0.2) is 37.2 Å². The zero-order chi connectivity index (χ0) is 43.7. The van der Waals surface area contributed by atoms with Crippen molar-refractivity contribution in [1.29, 1.82) is 0 Å². The molecule has 1 unspecified atom stereocenters. The fourth-order valence-corrected chi connectivity index (χ4v) is 6.92. The summed E-state index contributed by atoms with van der Waals surface area (Å²) in [6.45, 7) is 6.47. The summed E-state index contributed by atoms with van der Waals surface area (Å²) in [5.41, 5.74) is 0. The summed E-state index contributed by atoms with van der Waals surface area (Å²) < 4.78 is 16.7. The van der Waals surface area contributed by atoms with Crippen LogP contribution in [0.3, 0.4) is 0 Å². The Balaban J connectivity index is 4.45. The number of rotatable bonds is 45. The van der Waals surface area contributed by atoms with Crippen molar-refractivity contribution in [2.75, 3.05) is 13.2 Å². The molecule has 6 heteroatoms. The maximum absolute atomic E-state index is 12.8. The maximum atomic E-state index is 12.8. The summed E-state index contributed by atoms with van der Waals surface area (Å²) in [4.78, 5) is 37.9. The molecule has 1 atom stereocenters. The molecule has 0 bridgehead atoms. The molecule has 6 nitrogen and oxygen atoms in total. The van der Waals surface area contributed by atoms with Gasteiger partial charge in [-0.3, -0.25) is 14.4 Å². The van der Waals surface area contributed by atoms with Crippen LogP contribution >= 0.6 is 0 Å². The Morgan fingerprint density at radius 1 is 0.350 bits per heavy atom. The van der Waals surface area contributed by atoms with Gasteiger partial charge in [-0.2, -0.15) is 0 Å². The van der Waals surface area contributed by atoms with Crippen molar-refractivity contribution in [2.45, 2.75) is 252 Å². The lowest BCUT2D eigenvalue weighted by Gasteiger charge is -2.18. The lowest BCUT2D eigenvalue weighted by atomic mass is 10.1. The average Bonchev–Trinajstić information content (AvgIpc) is 3.24. The fraction of sp³-hybridized carbons (Fsp3) is 0.759. The van der Waals surface area contributed by atoms with Crippen LogP contribution in [0.5, 0.6) is 0 Å². The molecule has 0 aliphatic rings. The van der Waals surface area contributed by atoms with Crippen molar-refractivity contribution >= 4 is 17.9 Å². The van der Waals surface area contributed by atoms with E-state index in [-0.39, 0.29) is 31.1 Å². The molecule has 0 radical (unpaired) electrons. The summed E-state index contributed by atoms with van der Waals surface area (Å²) >= 11 is 0. The Morgan fingerprint density at radius 2 is 0.650 bits per heavy atom. The van der Waals surface area contributed by atoms with Gasteiger partial charge in [-0.25, -0.2) is 0 Å². The predicted molar refractivity (Wildman–Crippen MR) is 256 cm³/mol. The summed E-state index contributed by atoms with van der Waals surface area (Å²) in [7, 11) is 0. The van der Waals surface area contributed by atoms with Crippen LogP contribution in [0.25, 0.3) is 0 Å². The Kier molecular flexibility index (Phi) is 46.4. The highest BCUT2D eigenvalue weighted by Gasteiger charge is 2.19. The van der Waals surface area contributed by atoms with Crippen molar-refractivity contribution in [3.8, 4) is 0 Å². The van der Waals surface area contributed by atoms with Crippen LogP contribution in [-0.2, 0) is 28.6 Å². The van der Waals surface area contributed by atoms with E-state index in [1.807, 2.05) is 0 Å². The molecule has 0 aromatic heterocycles. The molecule has 0 spiro atoms. The number of unbranched alkanes of at least 4 members (excludes halogenated alkanes) is 24. The van der Waals surface area contributed by atoms with Crippen LogP contribution in [0.15, 0.2) is 60.8 Å². The van der Waals surface area contributed by atoms with E-state index < -0.39 is 6.10 Å². The van der Waals surface area contributed by atoms with Crippen LogP contribution in [0.4, 0.5) is 0 Å². The van der Waals surface area contributed by atoms with Crippen molar-refractivity contribution in [3.63, 3.8) is 0 Å². The Hall–Kier alpha value is -2.89. The molecule has 0 aromatic carbocycles. The highest BCUT2D eigenvalue weighted by atomic mass is 16.6. The van der Waals surface area contributed by atoms with E-state index >= 15 is 0 Å². The molecule has 0 rings (SSSR count). The van der Waals surface area contributed by atoms with E-state index in [1.54, 1.807) is 0 Å². The van der Waals surface area contributed by atoms with Gasteiger partial charge in [0.15, 0.2) is 6.10 Å². The minimum absolute atomic E-state index is 0.0953. The first-order valence-corrected chi connectivity index (χ1v) is 25.3. The summed E-state index contributed by atoms with van der Waals surface area (Å²) in [6, 6.07) is 0. The second-order valence-electron chi connectivity index (χ2n) is 16.7. The molecule has 0 saturated heterocycles. The standard InChI is InChI=1S/C54H94O6/c1-4-7-10-13-16-19-22-25-28-31-34-37-40-43-46-52(55)58-49-51(60-54(57)48-45-42-39-36-33-30-27-24-21-18-15-12-9-6-3)50-59-53(56)47-44-41-38-35-32-29-26-23-20-17-14-11-8-5-2/h7,10,16,19,25,28-30,32-33,51H,4-6,8-9,11-15,17-18,20-24,26-27,31,34-50H2,1-3H3/b10-7-,19-16-,28-25-,32-29-,33-30-. The second kappa shape index (κ2) is 48.8. The van der Waals surface area contributed by atoms with Gasteiger partial charge < -0.3 is 14.2 Å².